The molecule has 0 spiro atoms. The predicted molar refractivity (Wildman–Crippen MR) is 93.7 cm³/mol. The molecule has 2 N–H and O–H groups in total. The molecule has 2 aromatic carbocycles. The summed E-state index contributed by atoms with van der Waals surface area (Å²) in [6.07, 6.45) is 0. The van der Waals surface area contributed by atoms with Gasteiger partial charge in [0, 0.05) is 18.1 Å². The van der Waals surface area contributed by atoms with E-state index in [1.165, 1.54) is 18.2 Å². The van der Waals surface area contributed by atoms with E-state index in [4.69, 9.17) is 0 Å². The molecule has 6 heteroatoms. The van der Waals surface area contributed by atoms with Crippen LogP contribution in [0.15, 0.2) is 59.5 Å². The summed E-state index contributed by atoms with van der Waals surface area (Å²) >= 11 is 0. The maximum atomic E-state index is 13.2. The van der Waals surface area contributed by atoms with Crippen molar-refractivity contribution in [2.24, 2.45) is 0 Å². The Kier molecular flexibility index (Phi) is 5.74. The lowest BCUT2D eigenvalue weighted by molar-refractivity contribution is 0.346. The third-order valence-electron chi connectivity index (χ3n) is 3.72. The molecule has 0 fully saturated rings. The van der Waals surface area contributed by atoms with Crippen LogP contribution < -0.4 is 10.0 Å². The van der Waals surface area contributed by atoms with Crippen LogP contribution in [0.2, 0.25) is 0 Å². The smallest absolute Gasteiger partial charge is 0.240 e. The Morgan fingerprint density at radius 1 is 1.08 bits per heavy atom. The second-order valence-corrected chi connectivity index (χ2v) is 8.21. The molecule has 0 heterocycles. The van der Waals surface area contributed by atoms with Crippen LogP contribution in [0, 0.1) is 5.82 Å². The number of halogens is 1. The fraction of sp³-hybridized carbons (Fsp3) is 0.333. The summed E-state index contributed by atoms with van der Waals surface area (Å²) in [6.45, 7) is 6.04. The Balaban J connectivity index is 2.01. The van der Waals surface area contributed by atoms with E-state index in [1.54, 1.807) is 0 Å². The van der Waals surface area contributed by atoms with Crippen molar-refractivity contribution in [2.75, 3.05) is 6.54 Å². The predicted octanol–water partition coefficient (Wildman–Crippen LogP) is 3.23. The number of rotatable bonds is 7. The van der Waals surface area contributed by atoms with Gasteiger partial charge in [-0.1, -0.05) is 36.4 Å². The van der Waals surface area contributed by atoms with Gasteiger partial charge in [-0.05, 0) is 44.5 Å². The summed E-state index contributed by atoms with van der Waals surface area (Å²) in [4.78, 5) is -0.0746. The molecule has 4 nitrogen and oxygen atoms in total. The molecular weight excluding hydrogens is 327 g/mol. The summed E-state index contributed by atoms with van der Waals surface area (Å²) in [6, 6.07) is 15.0. The molecule has 1 atom stereocenters. The molecule has 130 valence electrons. The van der Waals surface area contributed by atoms with Gasteiger partial charge in [0.05, 0.1) is 4.90 Å². The Morgan fingerprint density at radius 3 is 2.38 bits per heavy atom. The molecule has 0 saturated heterocycles. The zero-order valence-corrected chi connectivity index (χ0v) is 14.9. The van der Waals surface area contributed by atoms with Crippen LogP contribution in [0.3, 0.4) is 0 Å². The number of hydrogen-bond donors (Lipinski definition) is 2. The molecule has 2 rings (SSSR count). The van der Waals surface area contributed by atoms with Gasteiger partial charge in [-0.3, -0.25) is 0 Å². The molecule has 2 aromatic rings. The summed E-state index contributed by atoms with van der Waals surface area (Å²) in [7, 11) is -3.75. The van der Waals surface area contributed by atoms with E-state index >= 15 is 0 Å². The maximum absolute atomic E-state index is 13.2. The average molecular weight is 350 g/mol. The Hall–Kier alpha value is -1.76. The zero-order valence-electron chi connectivity index (χ0n) is 14.1. The highest BCUT2D eigenvalue weighted by Crippen LogP contribution is 2.17. The van der Waals surface area contributed by atoms with Crippen LogP contribution in [0.5, 0.6) is 0 Å². The lowest BCUT2D eigenvalue weighted by atomic mass is 10.0. The topological polar surface area (TPSA) is 58.2 Å². The molecule has 0 bridgehead atoms. The number of sulfonamides is 1. The minimum atomic E-state index is -3.75. The minimum absolute atomic E-state index is 0.0693. The standard InChI is InChI=1S/C18H23FN2O2S/c1-14(15-8-5-4-6-9-15)21-18(2,3)13-20-24(22,23)17-11-7-10-16(19)12-17/h4-12,14,20-21H,13H2,1-3H3. The Labute approximate surface area is 143 Å². The van der Waals surface area contributed by atoms with Crippen LogP contribution in [0.4, 0.5) is 4.39 Å². The van der Waals surface area contributed by atoms with Gasteiger partial charge in [0.1, 0.15) is 5.82 Å². The van der Waals surface area contributed by atoms with Gasteiger partial charge in [0.25, 0.3) is 0 Å². The first-order chi connectivity index (χ1) is 11.2. The second kappa shape index (κ2) is 7.42. The number of benzene rings is 2. The normalized spacial score (nSPS) is 13.7. The van der Waals surface area contributed by atoms with Crippen LogP contribution >= 0.6 is 0 Å². The van der Waals surface area contributed by atoms with Crippen molar-refractivity contribution in [2.45, 2.75) is 37.2 Å². The van der Waals surface area contributed by atoms with Crippen LogP contribution in [-0.4, -0.2) is 20.5 Å². The Bertz CT molecular complexity index is 777. The second-order valence-electron chi connectivity index (χ2n) is 6.44. The van der Waals surface area contributed by atoms with Crippen molar-refractivity contribution in [3.8, 4) is 0 Å². The molecular formula is C18H23FN2O2S. The highest BCUT2D eigenvalue weighted by molar-refractivity contribution is 7.89. The van der Waals surface area contributed by atoms with E-state index in [9.17, 15) is 12.8 Å². The van der Waals surface area contributed by atoms with Crippen molar-refractivity contribution in [3.63, 3.8) is 0 Å². The highest BCUT2D eigenvalue weighted by atomic mass is 32.2. The van der Waals surface area contributed by atoms with E-state index in [1.807, 2.05) is 51.1 Å². The molecule has 0 aromatic heterocycles. The third kappa shape index (κ3) is 5.12. The SMILES string of the molecule is CC(NC(C)(C)CNS(=O)(=O)c1cccc(F)c1)c1ccccc1. The molecule has 1 unspecified atom stereocenters. The van der Waals surface area contributed by atoms with Crippen LogP contribution in [-0.2, 0) is 10.0 Å². The van der Waals surface area contributed by atoms with Gasteiger partial charge in [-0.2, -0.15) is 0 Å². The molecule has 0 saturated carbocycles. The number of nitrogens with one attached hydrogen (secondary N) is 2. The zero-order chi connectivity index (χ0) is 17.8. The summed E-state index contributed by atoms with van der Waals surface area (Å²) in [5, 5.41) is 3.41. The van der Waals surface area contributed by atoms with Gasteiger partial charge in [-0.15, -0.1) is 0 Å². The lowest BCUT2D eigenvalue weighted by Gasteiger charge is -2.30. The molecule has 0 aliphatic rings. The monoisotopic (exact) mass is 350 g/mol. The number of hydrogen-bond acceptors (Lipinski definition) is 3. The first-order valence-corrected chi connectivity index (χ1v) is 9.26. The average Bonchev–Trinajstić information content (AvgIpc) is 2.54. The van der Waals surface area contributed by atoms with Crippen molar-refractivity contribution >= 4 is 10.0 Å². The van der Waals surface area contributed by atoms with Gasteiger partial charge < -0.3 is 5.32 Å². The van der Waals surface area contributed by atoms with Gasteiger partial charge in [-0.25, -0.2) is 17.5 Å². The molecule has 0 aliphatic carbocycles. The van der Waals surface area contributed by atoms with Crippen molar-refractivity contribution in [1.29, 1.82) is 0 Å². The summed E-state index contributed by atoms with van der Waals surface area (Å²) in [5.74, 6) is -0.576. The van der Waals surface area contributed by atoms with E-state index in [0.29, 0.717) is 0 Å². The first kappa shape index (κ1) is 18.6. The van der Waals surface area contributed by atoms with Crippen molar-refractivity contribution in [1.82, 2.24) is 10.0 Å². The summed E-state index contributed by atoms with van der Waals surface area (Å²) in [5.41, 5.74) is 0.647. The third-order valence-corrected chi connectivity index (χ3v) is 5.12. The molecule has 0 aliphatic heterocycles. The quantitative estimate of drug-likeness (QED) is 0.806. The van der Waals surface area contributed by atoms with Gasteiger partial charge >= 0.3 is 0 Å². The van der Waals surface area contributed by atoms with E-state index in [2.05, 4.69) is 10.0 Å². The van der Waals surface area contributed by atoms with Crippen molar-refractivity contribution in [3.05, 3.63) is 66.0 Å². The molecule has 0 radical (unpaired) electrons. The maximum Gasteiger partial charge on any atom is 0.240 e. The van der Waals surface area contributed by atoms with Crippen molar-refractivity contribution < 1.29 is 12.8 Å². The van der Waals surface area contributed by atoms with Gasteiger partial charge in [0.2, 0.25) is 10.0 Å². The summed E-state index contributed by atoms with van der Waals surface area (Å²) < 4.78 is 40.3. The Morgan fingerprint density at radius 2 is 1.75 bits per heavy atom. The fourth-order valence-corrected chi connectivity index (χ4v) is 3.70. The lowest BCUT2D eigenvalue weighted by Crippen LogP contribution is -2.49. The molecule has 0 amide bonds. The van der Waals surface area contributed by atoms with E-state index < -0.39 is 21.4 Å². The fourth-order valence-electron chi connectivity index (χ4n) is 2.46. The molecule has 24 heavy (non-hydrogen) atoms. The highest BCUT2D eigenvalue weighted by Gasteiger charge is 2.24. The first-order valence-electron chi connectivity index (χ1n) is 7.77. The van der Waals surface area contributed by atoms with E-state index in [0.717, 1.165) is 11.6 Å². The van der Waals surface area contributed by atoms with Crippen LogP contribution in [0.25, 0.3) is 0 Å². The van der Waals surface area contributed by atoms with E-state index in [-0.39, 0.29) is 17.5 Å². The minimum Gasteiger partial charge on any atom is -0.304 e. The van der Waals surface area contributed by atoms with Gasteiger partial charge in [0.15, 0.2) is 0 Å². The van der Waals surface area contributed by atoms with Crippen LogP contribution in [0.1, 0.15) is 32.4 Å². The largest absolute Gasteiger partial charge is 0.304 e.